The van der Waals surface area contributed by atoms with Gasteiger partial charge in [-0.05, 0) is 81.3 Å². The molecule has 0 unspecified atom stereocenters. The van der Waals surface area contributed by atoms with Gasteiger partial charge in [0.05, 0.1) is 11.4 Å². The minimum atomic E-state index is -0.188. The molecule has 4 rings (SSSR count). The van der Waals surface area contributed by atoms with Crippen molar-refractivity contribution in [3.63, 3.8) is 0 Å². The first-order chi connectivity index (χ1) is 17.7. The molecule has 0 atom stereocenters. The summed E-state index contributed by atoms with van der Waals surface area (Å²) in [4.78, 5) is 4.40. The molecule has 0 saturated carbocycles. The Morgan fingerprint density at radius 3 is 1.08 bits per heavy atom. The van der Waals surface area contributed by atoms with Crippen LogP contribution in [0.25, 0.3) is 0 Å². The smallest absolute Gasteiger partial charge is 0.620 e. The zero-order valence-corrected chi connectivity index (χ0v) is 27.0. The summed E-state index contributed by atoms with van der Waals surface area (Å²) in [5.41, 5.74) is 7.68. The van der Waals surface area contributed by atoms with E-state index < -0.39 is 0 Å². The SMILES string of the molecule is CC(C)c1cccc(C(C)C)c1N1[C]N(c2c(C(C)C)cccc2C(C)C)C=C1.CC1(C)O[B-]OC1(C)C.[Cu+]. The van der Waals surface area contributed by atoms with Gasteiger partial charge in [-0.25, -0.2) is 0 Å². The molecule has 216 valence electrons. The van der Waals surface area contributed by atoms with Crippen LogP contribution in [0.4, 0.5) is 11.4 Å². The van der Waals surface area contributed by atoms with Gasteiger partial charge < -0.3 is 19.1 Å². The summed E-state index contributed by atoms with van der Waals surface area (Å²) in [5.74, 6) is 1.84. The van der Waals surface area contributed by atoms with E-state index in [2.05, 4.69) is 121 Å². The molecule has 0 bridgehead atoms. The van der Waals surface area contributed by atoms with Crippen molar-refractivity contribution in [3.8, 4) is 0 Å². The first kappa shape index (κ1) is 33.5. The molecule has 0 aromatic heterocycles. The van der Waals surface area contributed by atoms with Gasteiger partial charge in [0.25, 0.3) is 0 Å². The average Bonchev–Trinajstić information content (AvgIpc) is 3.41. The maximum absolute atomic E-state index is 5.21. The third-order valence-electron chi connectivity index (χ3n) is 7.88. The van der Waals surface area contributed by atoms with Crippen LogP contribution in [-0.4, -0.2) is 18.9 Å². The fourth-order valence-corrected chi connectivity index (χ4v) is 4.69. The Kier molecular flexibility index (Phi) is 11.4. The molecule has 6 heteroatoms. The van der Waals surface area contributed by atoms with Crippen LogP contribution >= 0.6 is 0 Å². The van der Waals surface area contributed by atoms with Crippen LogP contribution in [0.5, 0.6) is 0 Å². The van der Waals surface area contributed by atoms with Crippen LogP contribution in [0.1, 0.15) is 129 Å². The summed E-state index contributed by atoms with van der Waals surface area (Å²) in [5, 5.41) is 0. The van der Waals surface area contributed by atoms with Crippen LogP contribution in [0.15, 0.2) is 48.8 Å². The predicted octanol–water partition coefficient (Wildman–Crippen LogP) is 9.10. The molecular formula is C33H48BCuN2O2. The monoisotopic (exact) mass is 578 g/mol. The molecule has 0 N–H and O–H groups in total. The molecule has 1 saturated heterocycles. The van der Waals surface area contributed by atoms with Crippen molar-refractivity contribution in [2.24, 2.45) is 0 Å². The van der Waals surface area contributed by atoms with Gasteiger partial charge in [-0.3, -0.25) is 0 Å². The van der Waals surface area contributed by atoms with Crippen molar-refractivity contribution in [2.75, 3.05) is 9.80 Å². The Labute approximate surface area is 250 Å². The van der Waals surface area contributed by atoms with Gasteiger partial charge in [-0.2, -0.15) is 0 Å². The normalized spacial score (nSPS) is 17.7. The zero-order chi connectivity index (χ0) is 28.4. The minimum Gasteiger partial charge on any atom is -0.620 e. The van der Waals surface area contributed by atoms with E-state index in [1.54, 1.807) is 0 Å². The van der Waals surface area contributed by atoms with Crippen LogP contribution in [0, 0.1) is 6.67 Å². The summed E-state index contributed by atoms with van der Waals surface area (Å²) in [6, 6.07) is 13.4. The van der Waals surface area contributed by atoms with Crippen molar-refractivity contribution in [1.82, 2.24) is 0 Å². The van der Waals surface area contributed by atoms with E-state index in [4.69, 9.17) is 9.31 Å². The van der Waals surface area contributed by atoms with Gasteiger partial charge in [-0.1, -0.05) is 91.8 Å². The second kappa shape index (κ2) is 13.3. The molecule has 0 spiro atoms. The third kappa shape index (κ3) is 7.33. The summed E-state index contributed by atoms with van der Waals surface area (Å²) >= 11 is 0. The molecule has 2 heterocycles. The first-order valence-electron chi connectivity index (χ1n) is 14.1. The summed E-state index contributed by atoms with van der Waals surface area (Å²) in [6.07, 6.45) is 4.32. The molecule has 4 nitrogen and oxygen atoms in total. The van der Waals surface area contributed by atoms with Gasteiger partial charge in [0, 0.05) is 23.6 Å². The Morgan fingerprint density at radius 1 is 0.590 bits per heavy atom. The van der Waals surface area contributed by atoms with Crippen LogP contribution in [0.3, 0.4) is 0 Å². The largest absolute Gasteiger partial charge is 1.00 e. The summed E-state index contributed by atoms with van der Waals surface area (Å²) in [6.45, 7) is 29.9. The van der Waals surface area contributed by atoms with Crippen LogP contribution in [0.2, 0.25) is 0 Å². The zero-order valence-electron chi connectivity index (χ0n) is 26.0. The maximum Gasteiger partial charge on any atom is 1.00 e. The molecule has 2 aromatic carbocycles. The standard InChI is InChI=1S/C27H36N2.C6H12BO2.Cu/c1-18(2)22-11-9-12-23(19(3)4)26(22)28-15-16-29(17-28)27-24(20(5)6)13-10-14-25(27)21(7)8;1-5(2)6(3,4)9-7-8-5;/h9-16,18-21H,1-8H3;1-4H3;/q;-1;+1. The summed E-state index contributed by atoms with van der Waals surface area (Å²) in [7, 11) is 1.42. The molecular weight excluding hydrogens is 531 g/mol. The van der Waals surface area contributed by atoms with E-state index in [9.17, 15) is 0 Å². The average molecular weight is 579 g/mol. The number of nitrogens with zero attached hydrogens (tertiary/aromatic N) is 2. The fourth-order valence-electron chi connectivity index (χ4n) is 4.69. The van der Waals surface area contributed by atoms with Gasteiger partial charge in [0.15, 0.2) is 0 Å². The first-order valence-corrected chi connectivity index (χ1v) is 14.1. The topological polar surface area (TPSA) is 24.9 Å². The van der Waals surface area contributed by atoms with Crippen LogP contribution in [-0.2, 0) is 26.4 Å². The molecule has 39 heavy (non-hydrogen) atoms. The van der Waals surface area contributed by atoms with E-state index in [0.717, 1.165) is 0 Å². The van der Waals surface area contributed by atoms with Gasteiger partial charge in [0.1, 0.15) is 0 Å². The van der Waals surface area contributed by atoms with E-state index in [0.29, 0.717) is 23.7 Å². The quantitative estimate of drug-likeness (QED) is 0.319. The molecule has 4 radical (unpaired) electrons. The Hall–Kier alpha value is -1.72. The van der Waals surface area contributed by atoms with Crippen molar-refractivity contribution in [3.05, 3.63) is 77.7 Å². The van der Waals surface area contributed by atoms with Crippen LogP contribution < -0.4 is 9.80 Å². The number of rotatable bonds is 6. The maximum atomic E-state index is 5.21. The molecule has 0 amide bonds. The number of benzene rings is 2. The number of hydrogen-bond donors (Lipinski definition) is 0. The second-order valence-electron chi connectivity index (χ2n) is 12.7. The van der Waals surface area contributed by atoms with E-state index in [1.165, 1.54) is 41.3 Å². The van der Waals surface area contributed by atoms with Gasteiger partial charge >= 0.3 is 17.1 Å². The van der Waals surface area contributed by atoms with Crippen molar-refractivity contribution >= 4 is 19.1 Å². The molecule has 1 fully saturated rings. The third-order valence-corrected chi connectivity index (χ3v) is 7.88. The summed E-state index contributed by atoms with van der Waals surface area (Å²) < 4.78 is 10.4. The Balaban J connectivity index is 0.000000453. The van der Waals surface area contributed by atoms with Gasteiger partial charge in [0.2, 0.25) is 6.67 Å². The second-order valence-corrected chi connectivity index (χ2v) is 12.7. The minimum absolute atomic E-state index is 0. The van der Waals surface area contributed by atoms with E-state index >= 15 is 0 Å². The molecule has 2 aliphatic rings. The Bertz CT molecular complexity index is 987. The number of hydrogen-bond acceptors (Lipinski definition) is 4. The van der Waals surface area contributed by atoms with E-state index in [-0.39, 0.29) is 28.3 Å². The molecule has 2 aromatic rings. The predicted molar refractivity (Wildman–Crippen MR) is 163 cm³/mol. The van der Waals surface area contributed by atoms with E-state index in [1.807, 2.05) is 27.7 Å². The number of para-hydroxylation sites is 2. The van der Waals surface area contributed by atoms with Gasteiger partial charge in [-0.15, -0.1) is 0 Å². The van der Waals surface area contributed by atoms with Crippen molar-refractivity contribution < 1.29 is 26.4 Å². The van der Waals surface area contributed by atoms with Crippen molar-refractivity contribution in [2.45, 2.75) is 118 Å². The molecule has 0 aliphatic carbocycles. The fraction of sp³-hybridized carbons (Fsp3) is 0.545. The van der Waals surface area contributed by atoms with Crippen molar-refractivity contribution in [1.29, 1.82) is 0 Å². The molecule has 2 aliphatic heterocycles. The Morgan fingerprint density at radius 2 is 0.872 bits per heavy atom. The number of anilines is 2.